The van der Waals surface area contributed by atoms with Crippen molar-refractivity contribution >= 4 is 0 Å². The van der Waals surface area contributed by atoms with Crippen molar-refractivity contribution in [3.63, 3.8) is 0 Å². The van der Waals surface area contributed by atoms with Crippen LogP contribution in [0.4, 0.5) is 0 Å². The molecular formula is C9H18N. The predicted molar refractivity (Wildman–Crippen MR) is 44.8 cm³/mol. The molecule has 0 aromatic heterocycles. The smallest absolute Gasteiger partial charge is 0.00385 e. The van der Waals surface area contributed by atoms with Gasteiger partial charge in [-0.15, -0.1) is 0 Å². The number of likely N-dealkylation sites (tertiary alicyclic amines) is 1. The summed E-state index contributed by atoms with van der Waals surface area (Å²) in [5, 5.41) is 0. The number of nitrogens with zero attached hydrogens (tertiary/aromatic N) is 1. The molecule has 1 nitrogen and oxygen atoms in total. The number of hydrogen-bond donors (Lipinski definition) is 0. The topological polar surface area (TPSA) is 3.24 Å². The first-order valence-electron chi connectivity index (χ1n) is 4.27. The molecule has 1 radical (unpaired) electrons. The van der Waals surface area contributed by atoms with Crippen molar-refractivity contribution in [2.45, 2.75) is 32.7 Å². The van der Waals surface area contributed by atoms with Crippen LogP contribution in [-0.2, 0) is 0 Å². The van der Waals surface area contributed by atoms with Crippen LogP contribution in [-0.4, -0.2) is 24.0 Å². The summed E-state index contributed by atoms with van der Waals surface area (Å²) in [4.78, 5) is 2.53. The van der Waals surface area contributed by atoms with Crippen molar-refractivity contribution in [3.05, 3.63) is 6.92 Å². The van der Waals surface area contributed by atoms with Crippen LogP contribution >= 0.6 is 0 Å². The summed E-state index contributed by atoms with van der Waals surface area (Å²) in [6, 6.07) is 0.729. The van der Waals surface area contributed by atoms with Gasteiger partial charge in [0.05, 0.1) is 0 Å². The summed E-state index contributed by atoms with van der Waals surface area (Å²) in [7, 11) is 0. The van der Waals surface area contributed by atoms with Gasteiger partial charge in [0.15, 0.2) is 0 Å². The summed E-state index contributed by atoms with van der Waals surface area (Å²) in [6.45, 7) is 11.1. The third kappa shape index (κ3) is 1.98. The van der Waals surface area contributed by atoms with Gasteiger partial charge >= 0.3 is 0 Å². The van der Waals surface area contributed by atoms with Gasteiger partial charge in [-0.1, -0.05) is 6.92 Å². The standard InChI is InChI=1S/C9H18N/c1-8(2)10-6-4-9(3)5-7-10/h8-9H,3-7H2,1-2H3. The lowest BCUT2D eigenvalue weighted by atomic mass is 9.98. The van der Waals surface area contributed by atoms with E-state index in [1.807, 2.05) is 0 Å². The lowest BCUT2D eigenvalue weighted by Crippen LogP contribution is -2.37. The predicted octanol–water partition coefficient (Wildman–Crippen LogP) is 1.94. The SMILES string of the molecule is [CH2]C1CCN(C(C)C)CC1. The minimum absolute atomic E-state index is 0.718. The summed E-state index contributed by atoms with van der Waals surface area (Å²) in [5.74, 6) is 0.718. The van der Waals surface area contributed by atoms with Gasteiger partial charge in [0.2, 0.25) is 0 Å². The van der Waals surface area contributed by atoms with Crippen molar-refractivity contribution in [1.29, 1.82) is 0 Å². The van der Waals surface area contributed by atoms with Crippen LogP contribution < -0.4 is 0 Å². The molecule has 0 amide bonds. The third-order valence-corrected chi connectivity index (χ3v) is 2.38. The van der Waals surface area contributed by atoms with Gasteiger partial charge in [0.1, 0.15) is 0 Å². The Hall–Kier alpha value is -0.0400. The summed E-state index contributed by atoms with van der Waals surface area (Å²) >= 11 is 0. The Balaban J connectivity index is 2.26. The Bertz CT molecular complexity index is 90.9. The van der Waals surface area contributed by atoms with Crippen LogP contribution in [0.1, 0.15) is 26.7 Å². The highest BCUT2D eigenvalue weighted by molar-refractivity contribution is 4.74. The molecule has 0 bridgehead atoms. The van der Waals surface area contributed by atoms with Crippen molar-refractivity contribution in [2.75, 3.05) is 13.1 Å². The highest BCUT2D eigenvalue weighted by atomic mass is 15.1. The van der Waals surface area contributed by atoms with Crippen molar-refractivity contribution in [3.8, 4) is 0 Å². The Morgan fingerprint density at radius 3 is 2.20 bits per heavy atom. The lowest BCUT2D eigenvalue weighted by molar-refractivity contribution is 0.163. The van der Waals surface area contributed by atoms with Crippen LogP contribution in [0.2, 0.25) is 0 Å². The molecule has 1 heteroatoms. The molecule has 1 saturated heterocycles. The van der Waals surface area contributed by atoms with E-state index in [1.54, 1.807) is 0 Å². The molecule has 1 aliphatic rings. The van der Waals surface area contributed by atoms with E-state index in [4.69, 9.17) is 0 Å². The first kappa shape index (κ1) is 8.06. The fourth-order valence-corrected chi connectivity index (χ4v) is 1.47. The van der Waals surface area contributed by atoms with E-state index >= 15 is 0 Å². The molecule has 10 heavy (non-hydrogen) atoms. The van der Waals surface area contributed by atoms with Crippen molar-refractivity contribution < 1.29 is 0 Å². The van der Waals surface area contributed by atoms with Gasteiger partial charge in [-0.2, -0.15) is 0 Å². The molecule has 1 aliphatic heterocycles. The molecule has 0 saturated carbocycles. The summed E-state index contributed by atoms with van der Waals surface area (Å²) in [5.41, 5.74) is 0. The van der Waals surface area contributed by atoms with Gasteiger partial charge in [0.25, 0.3) is 0 Å². The Morgan fingerprint density at radius 2 is 1.80 bits per heavy atom. The zero-order valence-corrected chi connectivity index (χ0v) is 7.14. The molecule has 59 valence electrons. The van der Waals surface area contributed by atoms with E-state index < -0.39 is 0 Å². The summed E-state index contributed by atoms with van der Waals surface area (Å²) in [6.07, 6.45) is 2.58. The zero-order valence-electron chi connectivity index (χ0n) is 7.14. The third-order valence-electron chi connectivity index (χ3n) is 2.38. The van der Waals surface area contributed by atoms with Crippen LogP contribution in [0, 0.1) is 12.8 Å². The molecule has 0 atom stereocenters. The maximum absolute atomic E-state index is 4.06. The van der Waals surface area contributed by atoms with Gasteiger partial charge in [-0.3, -0.25) is 0 Å². The number of hydrogen-bond acceptors (Lipinski definition) is 1. The van der Waals surface area contributed by atoms with E-state index in [-0.39, 0.29) is 0 Å². The lowest BCUT2D eigenvalue weighted by Gasteiger charge is -2.33. The van der Waals surface area contributed by atoms with Gasteiger partial charge in [-0.25, -0.2) is 0 Å². The minimum atomic E-state index is 0.718. The normalized spacial score (nSPS) is 24.0. The molecule has 0 spiro atoms. The highest BCUT2D eigenvalue weighted by Crippen LogP contribution is 2.16. The van der Waals surface area contributed by atoms with Crippen molar-refractivity contribution in [2.24, 2.45) is 5.92 Å². The van der Waals surface area contributed by atoms with Crippen LogP contribution in [0.3, 0.4) is 0 Å². The average Bonchev–Trinajstić information content (AvgIpc) is 1.88. The minimum Gasteiger partial charge on any atom is -0.301 e. The second kappa shape index (κ2) is 3.38. The molecule has 0 aromatic carbocycles. The quantitative estimate of drug-likeness (QED) is 0.538. The van der Waals surface area contributed by atoms with E-state index in [1.165, 1.54) is 25.9 Å². The maximum atomic E-state index is 4.06. The molecule has 1 rings (SSSR count). The Labute approximate surface area is 64.4 Å². The fourth-order valence-electron chi connectivity index (χ4n) is 1.47. The van der Waals surface area contributed by atoms with E-state index in [9.17, 15) is 0 Å². The second-order valence-corrected chi connectivity index (χ2v) is 3.57. The number of rotatable bonds is 1. The Kier molecular flexibility index (Phi) is 2.72. The zero-order chi connectivity index (χ0) is 7.56. The van der Waals surface area contributed by atoms with Crippen molar-refractivity contribution in [1.82, 2.24) is 4.90 Å². The molecule has 0 aromatic rings. The van der Waals surface area contributed by atoms with Gasteiger partial charge in [-0.05, 0) is 45.7 Å². The van der Waals surface area contributed by atoms with E-state index in [0.717, 1.165) is 12.0 Å². The van der Waals surface area contributed by atoms with Crippen LogP contribution in [0.15, 0.2) is 0 Å². The molecule has 0 unspecified atom stereocenters. The van der Waals surface area contributed by atoms with Crippen LogP contribution in [0.25, 0.3) is 0 Å². The molecule has 1 heterocycles. The number of piperidine rings is 1. The average molecular weight is 140 g/mol. The fraction of sp³-hybridized carbons (Fsp3) is 0.889. The summed E-state index contributed by atoms with van der Waals surface area (Å²) < 4.78 is 0. The molecule has 0 N–H and O–H groups in total. The largest absolute Gasteiger partial charge is 0.301 e. The first-order chi connectivity index (χ1) is 4.70. The molecule has 0 aliphatic carbocycles. The second-order valence-electron chi connectivity index (χ2n) is 3.57. The van der Waals surface area contributed by atoms with E-state index in [0.29, 0.717) is 0 Å². The van der Waals surface area contributed by atoms with Crippen LogP contribution in [0.5, 0.6) is 0 Å². The molecular weight excluding hydrogens is 122 g/mol. The monoisotopic (exact) mass is 140 g/mol. The first-order valence-corrected chi connectivity index (χ1v) is 4.27. The molecule has 1 fully saturated rings. The maximum Gasteiger partial charge on any atom is 0.00385 e. The van der Waals surface area contributed by atoms with Gasteiger partial charge in [0, 0.05) is 6.04 Å². The Morgan fingerprint density at radius 1 is 1.30 bits per heavy atom. The highest BCUT2D eigenvalue weighted by Gasteiger charge is 2.16. The van der Waals surface area contributed by atoms with E-state index in [2.05, 4.69) is 25.7 Å². The van der Waals surface area contributed by atoms with Gasteiger partial charge < -0.3 is 4.90 Å².